The van der Waals surface area contributed by atoms with Crippen molar-refractivity contribution >= 4 is 20.0 Å². The largest absolute Gasteiger partial charge is 0.480 e. The lowest BCUT2D eigenvalue weighted by Gasteiger charge is -2.22. The van der Waals surface area contributed by atoms with Crippen LogP contribution in [0.5, 0.6) is 0 Å². The fraction of sp³-hybridized carbons (Fsp3) is 0.750. The second kappa shape index (κ2) is 8.17. The number of rotatable bonds is 4. The minimum absolute atomic E-state index is 0.0721. The van der Waals surface area contributed by atoms with E-state index in [1.165, 1.54) is 21.9 Å². The highest BCUT2D eigenvalue weighted by Crippen LogP contribution is 2.36. The summed E-state index contributed by atoms with van der Waals surface area (Å²) in [6.07, 6.45) is -2.04. The summed E-state index contributed by atoms with van der Waals surface area (Å²) in [5.74, 6) is 0. The minimum atomic E-state index is -6.72. The molecule has 0 saturated heterocycles. The predicted molar refractivity (Wildman–Crippen MR) is 67.4 cm³/mol. The van der Waals surface area contributed by atoms with Gasteiger partial charge in [0.25, 0.3) is 6.33 Å². The maximum absolute atomic E-state index is 11.7. The molecule has 0 aliphatic carbocycles. The van der Waals surface area contributed by atoms with Gasteiger partial charge in [-0.2, -0.15) is 39.5 Å². The molecule has 1 heterocycles. The van der Waals surface area contributed by atoms with Crippen molar-refractivity contribution in [3.05, 3.63) is 16.8 Å². The lowest BCUT2D eigenvalue weighted by atomic mass is 10.4. The second-order valence-corrected chi connectivity index (χ2v) is 7.86. The first-order valence-corrected chi connectivity index (χ1v) is 8.87. The third-order valence-electron chi connectivity index (χ3n) is 2.13. The highest BCUT2D eigenvalue weighted by Gasteiger charge is 2.46. The number of halogens is 9. The van der Waals surface area contributed by atoms with Crippen molar-refractivity contribution in [2.45, 2.75) is 30.2 Å². The van der Waals surface area contributed by atoms with Crippen LogP contribution in [0.2, 0.25) is 0 Å². The lowest BCUT2D eigenvalue weighted by Crippen LogP contribution is -2.33. The number of hydrogen-bond acceptors (Lipinski definition) is 5. The topological polar surface area (TPSA) is 104 Å². The van der Waals surface area contributed by atoms with Gasteiger partial charge in [-0.15, -0.1) is 4.68 Å². The van der Waals surface area contributed by atoms with Crippen LogP contribution in [0, 0.1) is 0 Å². The Hall–Kier alpha value is -1.63. The van der Waals surface area contributed by atoms with Crippen molar-refractivity contribution in [3.8, 4) is 0 Å². The fourth-order valence-electron chi connectivity index (χ4n) is 1.01. The fourth-order valence-corrected chi connectivity index (χ4v) is 2.72. The first kappa shape index (κ1) is 25.4. The highest BCUT2D eigenvalue weighted by atomic mass is 32.3. The van der Waals surface area contributed by atoms with E-state index in [1.54, 1.807) is 7.05 Å². The van der Waals surface area contributed by atoms with Crippen LogP contribution in [0.15, 0.2) is 12.7 Å². The summed E-state index contributed by atoms with van der Waals surface area (Å²) in [7, 11) is -11.8. The summed E-state index contributed by atoms with van der Waals surface area (Å²) in [6.45, 7) is -0.0721. The van der Waals surface area contributed by atoms with E-state index in [-0.39, 0.29) is 6.54 Å². The maximum atomic E-state index is 11.7. The number of alkyl halides is 9. The molecule has 19 heteroatoms. The molecule has 0 atom stereocenters. The zero-order valence-corrected chi connectivity index (χ0v) is 14.3. The molecule has 0 amide bonds. The Bertz CT molecular complexity index is 781. The van der Waals surface area contributed by atoms with Crippen LogP contribution in [0.1, 0.15) is 6.42 Å². The van der Waals surface area contributed by atoms with Crippen LogP contribution < -0.4 is 4.57 Å². The van der Waals surface area contributed by atoms with Crippen LogP contribution in [0.3, 0.4) is 0 Å². The van der Waals surface area contributed by atoms with Gasteiger partial charge in [-0.25, -0.2) is 21.4 Å². The monoisotopic (exact) mass is 460 g/mol. The molecule has 160 valence electrons. The van der Waals surface area contributed by atoms with Crippen molar-refractivity contribution in [2.24, 2.45) is 7.05 Å². The van der Waals surface area contributed by atoms with Crippen LogP contribution >= 0.6 is 0 Å². The van der Waals surface area contributed by atoms with E-state index in [2.05, 4.69) is 5.10 Å². The molecule has 0 aromatic carbocycles. The highest BCUT2D eigenvalue weighted by molar-refractivity contribution is 8.13. The summed E-state index contributed by atoms with van der Waals surface area (Å²) < 4.78 is 147. The predicted octanol–water partition coefficient (Wildman–Crippen LogP) is 1.72. The van der Waals surface area contributed by atoms with E-state index < -0.39 is 43.7 Å². The third kappa shape index (κ3) is 8.73. The molecule has 0 bridgehead atoms. The zero-order valence-electron chi connectivity index (χ0n) is 12.7. The van der Waals surface area contributed by atoms with Crippen molar-refractivity contribution < 1.29 is 60.9 Å². The molecule has 27 heavy (non-hydrogen) atoms. The Balaban J connectivity index is 0.000000511. The van der Waals surface area contributed by atoms with Gasteiger partial charge in [-0.1, -0.05) is 0 Å². The first-order chi connectivity index (χ1) is 11.7. The van der Waals surface area contributed by atoms with Gasteiger partial charge >= 0.3 is 17.2 Å². The smallest absolute Gasteiger partial charge is 0.421 e. The van der Waals surface area contributed by atoms with Gasteiger partial charge in [0.15, 0.2) is 20.0 Å². The van der Waals surface area contributed by atoms with Gasteiger partial charge in [0.2, 0.25) is 6.33 Å². The van der Waals surface area contributed by atoms with Gasteiger partial charge in [0.05, 0.1) is 20.0 Å². The molecule has 0 spiro atoms. The van der Waals surface area contributed by atoms with E-state index in [4.69, 9.17) is 0 Å². The Kier molecular flexibility index (Phi) is 7.67. The lowest BCUT2D eigenvalue weighted by molar-refractivity contribution is -0.700. The van der Waals surface area contributed by atoms with Gasteiger partial charge in [-0.05, 0) is 0 Å². The standard InChI is InChI=1S/C6H9F3N3.C2F6NO4S2/c1-11-5-12(4-10-11)3-2-6(7,8)9;3-1(4,5)14(10,11)9-15(12,13)2(6,7)8/h4-5H,2-3H2,1H3;/q+1;-1. The van der Waals surface area contributed by atoms with E-state index in [0.29, 0.717) is 0 Å². The van der Waals surface area contributed by atoms with Gasteiger partial charge < -0.3 is 4.13 Å². The number of aryl methyl sites for hydroxylation is 2. The summed E-state index contributed by atoms with van der Waals surface area (Å²) in [5.41, 5.74) is -12.4. The number of nitrogens with zero attached hydrogens (tertiary/aromatic N) is 4. The van der Waals surface area contributed by atoms with Crippen molar-refractivity contribution in [1.29, 1.82) is 0 Å². The molecular formula is C8H9F9N4O4S2. The Morgan fingerprint density at radius 2 is 1.33 bits per heavy atom. The van der Waals surface area contributed by atoms with Gasteiger partial charge in [0.1, 0.15) is 0 Å². The molecule has 1 aromatic heterocycles. The van der Waals surface area contributed by atoms with Crippen LogP contribution in [0.25, 0.3) is 4.13 Å². The maximum Gasteiger partial charge on any atom is 0.480 e. The average Bonchev–Trinajstić information content (AvgIpc) is 2.78. The van der Waals surface area contributed by atoms with E-state index >= 15 is 0 Å². The first-order valence-electron chi connectivity index (χ1n) is 5.99. The summed E-state index contributed by atoms with van der Waals surface area (Å²) in [5, 5.41) is 3.73. The van der Waals surface area contributed by atoms with Gasteiger partial charge in [-0.3, -0.25) is 0 Å². The van der Waals surface area contributed by atoms with E-state index in [0.717, 1.165) is 4.13 Å². The quantitative estimate of drug-likeness (QED) is 0.503. The number of hydrogen-bond donors (Lipinski definition) is 0. The second-order valence-electron chi connectivity index (χ2n) is 4.44. The molecule has 1 rings (SSSR count). The Morgan fingerprint density at radius 3 is 1.59 bits per heavy atom. The molecule has 0 aliphatic rings. The summed E-state index contributed by atoms with van der Waals surface area (Å²) >= 11 is 0. The molecule has 0 unspecified atom stereocenters. The molecule has 0 radical (unpaired) electrons. The van der Waals surface area contributed by atoms with Crippen LogP contribution in [-0.2, 0) is 33.6 Å². The molecule has 8 nitrogen and oxygen atoms in total. The summed E-state index contributed by atoms with van der Waals surface area (Å²) in [6, 6.07) is 0. The normalized spacial score (nSPS) is 13.9. The number of aromatic nitrogens is 3. The van der Waals surface area contributed by atoms with E-state index in [1.807, 2.05) is 0 Å². The van der Waals surface area contributed by atoms with Gasteiger partial charge in [0, 0.05) is 5.10 Å². The van der Waals surface area contributed by atoms with Crippen molar-refractivity contribution in [1.82, 2.24) is 9.78 Å². The number of sulfonamides is 2. The Morgan fingerprint density at radius 1 is 0.926 bits per heavy atom. The molecule has 0 fully saturated rings. The van der Waals surface area contributed by atoms with Crippen LogP contribution in [0.4, 0.5) is 39.5 Å². The molecular weight excluding hydrogens is 451 g/mol. The summed E-state index contributed by atoms with van der Waals surface area (Å²) in [4.78, 5) is 0. The molecule has 1 aromatic rings. The molecule has 0 N–H and O–H groups in total. The molecule has 0 saturated carbocycles. The van der Waals surface area contributed by atoms with Crippen molar-refractivity contribution in [2.75, 3.05) is 0 Å². The Labute approximate surface area is 145 Å². The van der Waals surface area contributed by atoms with Crippen LogP contribution in [-0.4, -0.2) is 43.8 Å². The average molecular weight is 460 g/mol. The SMILES string of the molecule is Cn1c[n+](CCC(F)(F)F)cn1.O=S(=O)([N-]S(=O)(=O)C(F)(F)F)C(F)(F)F. The minimum Gasteiger partial charge on any atom is -0.421 e. The third-order valence-corrected chi connectivity index (χ3v) is 4.87. The van der Waals surface area contributed by atoms with Crippen molar-refractivity contribution in [3.63, 3.8) is 0 Å². The zero-order chi connectivity index (χ0) is 21.9. The van der Waals surface area contributed by atoms with E-state index in [9.17, 15) is 56.3 Å². The molecule has 0 aliphatic heterocycles.